The summed E-state index contributed by atoms with van der Waals surface area (Å²) in [6.07, 6.45) is -0.172. The molecule has 7 nitrogen and oxygen atoms in total. The largest absolute Gasteiger partial charge is 0.502 e. The monoisotopic (exact) mass is 332 g/mol. The molecule has 0 radical (unpaired) electrons. The normalized spacial score (nSPS) is 11.9. The van der Waals surface area contributed by atoms with E-state index < -0.39 is 28.4 Å². The third-order valence-corrected chi connectivity index (χ3v) is 2.83. The van der Waals surface area contributed by atoms with Gasteiger partial charge in [0.2, 0.25) is 0 Å². The van der Waals surface area contributed by atoms with Crippen molar-refractivity contribution in [1.29, 1.82) is 0 Å². The quantitative estimate of drug-likeness (QED) is 0.484. The van der Waals surface area contributed by atoms with Gasteiger partial charge < -0.3 is 15.6 Å². The number of phenolic OH excluding ortho intramolecular Hbond substituents is 1. The Morgan fingerprint density at radius 2 is 2.26 bits per heavy atom. The van der Waals surface area contributed by atoms with Crippen LogP contribution in [0.2, 0.25) is 0 Å². The summed E-state index contributed by atoms with van der Waals surface area (Å²) in [4.78, 5) is 21.4. The van der Waals surface area contributed by atoms with Crippen molar-refractivity contribution in [2.24, 2.45) is 5.73 Å². The number of nitro groups is 1. The Kier molecular flexibility index (Phi) is 5.25. The Balaban J connectivity index is 3.06. The number of aromatic hydroxyl groups is 1. The molecule has 1 rings (SSSR count). The van der Waals surface area contributed by atoms with Crippen LogP contribution in [-0.4, -0.2) is 22.6 Å². The van der Waals surface area contributed by atoms with Crippen molar-refractivity contribution in [3.63, 3.8) is 0 Å². The number of ether oxygens (including phenoxy) is 1. The molecule has 1 atom stereocenters. The lowest BCUT2D eigenvalue weighted by molar-refractivity contribution is -0.386. The fourth-order valence-electron chi connectivity index (χ4n) is 1.54. The molecule has 0 unspecified atom stereocenters. The lowest BCUT2D eigenvalue weighted by Gasteiger charge is -2.13. The molecular weight excluding hydrogens is 320 g/mol. The van der Waals surface area contributed by atoms with Gasteiger partial charge >= 0.3 is 11.7 Å². The van der Waals surface area contributed by atoms with Crippen LogP contribution in [0.25, 0.3) is 0 Å². The molecular formula is C11H13BrN2O5. The fraction of sp³-hybridized carbons (Fsp3) is 0.364. The van der Waals surface area contributed by atoms with Crippen molar-refractivity contribution in [1.82, 2.24) is 0 Å². The average molecular weight is 333 g/mol. The molecule has 0 aliphatic carbocycles. The Bertz CT molecular complexity index is 506. The first-order valence-electron chi connectivity index (χ1n) is 5.44. The van der Waals surface area contributed by atoms with Gasteiger partial charge in [-0.05, 0) is 13.0 Å². The second kappa shape index (κ2) is 6.48. The van der Waals surface area contributed by atoms with Gasteiger partial charge in [-0.1, -0.05) is 15.9 Å². The Labute approximate surface area is 117 Å². The standard InChI is InChI=1S/C11H13BrN2O5/c1-2-19-10(15)5-8(13)7-3-6(12)4-9(11(7)16)14(17)18/h3-4,8,16H,2,5,13H2,1H3/t8-/m1/s1. The smallest absolute Gasteiger partial charge is 0.312 e. The first-order chi connectivity index (χ1) is 8.86. The molecule has 0 spiro atoms. The first kappa shape index (κ1) is 15.4. The van der Waals surface area contributed by atoms with E-state index in [1.165, 1.54) is 6.07 Å². The molecule has 0 aliphatic rings. The summed E-state index contributed by atoms with van der Waals surface area (Å²) in [7, 11) is 0. The van der Waals surface area contributed by atoms with E-state index in [1.807, 2.05) is 0 Å². The minimum Gasteiger partial charge on any atom is -0.502 e. The highest BCUT2D eigenvalue weighted by molar-refractivity contribution is 9.10. The average Bonchev–Trinajstić information content (AvgIpc) is 2.31. The topological polar surface area (TPSA) is 116 Å². The van der Waals surface area contributed by atoms with E-state index in [4.69, 9.17) is 10.5 Å². The van der Waals surface area contributed by atoms with E-state index in [2.05, 4.69) is 15.9 Å². The van der Waals surface area contributed by atoms with Crippen molar-refractivity contribution in [3.05, 3.63) is 32.3 Å². The molecule has 0 bridgehead atoms. The van der Waals surface area contributed by atoms with Crippen molar-refractivity contribution in [3.8, 4) is 5.75 Å². The summed E-state index contributed by atoms with van der Waals surface area (Å²) in [5.74, 6) is -1.07. The van der Waals surface area contributed by atoms with Gasteiger partial charge in [-0.2, -0.15) is 0 Å². The molecule has 0 fully saturated rings. The molecule has 19 heavy (non-hydrogen) atoms. The van der Waals surface area contributed by atoms with Gasteiger partial charge in [0.05, 0.1) is 18.0 Å². The highest BCUT2D eigenvalue weighted by atomic mass is 79.9. The number of carbonyl (C=O) groups is 1. The SMILES string of the molecule is CCOC(=O)C[C@@H](N)c1cc(Br)cc([N+](=O)[O-])c1O. The molecule has 0 saturated carbocycles. The van der Waals surface area contributed by atoms with Crippen molar-refractivity contribution in [2.75, 3.05) is 6.61 Å². The number of rotatable bonds is 5. The Morgan fingerprint density at radius 1 is 1.63 bits per heavy atom. The molecule has 0 aliphatic heterocycles. The third kappa shape index (κ3) is 3.90. The minimum atomic E-state index is -0.879. The molecule has 0 aromatic heterocycles. The van der Waals surface area contributed by atoms with Crippen molar-refractivity contribution in [2.45, 2.75) is 19.4 Å². The minimum absolute atomic E-state index is 0.120. The van der Waals surface area contributed by atoms with Gasteiger partial charge in [-0.25, -0.2) is 0 Å². The summed E-state index contributed by atoms with van der Waals surface area (Å²) in [6.45, 7) is 1.88. The lowest BCUT2D eigenvalue weighted by atomic mass is 10.0. The Morgan fingerprint density at radius 3 is 2.79 bits per heavy atom. The van der Waals surface area contributed by atoms with Crippen LogP contribution in [0, 0.1) is 10.1 Å². The van der Waals surface area contributed by atoms with Gasteiger partial charge in [0.25, 0.3) is 0 Å². The molecule has 8 heteroatoms. The molecule has 104 valence electrons. The number of phenols is 1. The highest BCUT2D eigenvalue weighted by Gasteiger charge is 2.23. The maximum atomic E-state index is 11.3. The molecule has 3 N–H and O–H groups in total. The van der Waals surface area contributed by atoms with Crippen LogP contribution in [0.5, 0.6) is 5.75 Å². The van der Waals surface area contributed by atoms with Crippen LogP contribution in [0.4, 0.5) is 5.69 Å². The molecule has 0 saturated heterocycles. The van der Waals surface area contributed by atoms with E-state index in [9.17, 15) is 20.0 Å². The number of carbonyl (C=O) groups excluding carboxylic acids is 1. The molecule has 1 aromatic rings. The van der Waals surface area contributed by atoms with E-state index in [-0.39, 0.29) is 18.6 Å². The molecule has 0 amide bonds. The maximum absolute atomic E-state index is 11.3. The van der Waals surface area contributed by atoms with Crippen LogP contribution in [-0.2, 0) is 9.53 Å². The van der Waals surface area contributed by atoms with Gasteiger partial charge in [-0.15, -0.1) is 0 Å². The van der Waals surface area contributed by atoms with Crippen LogP contribution in [0.15, 0.2) is 16.6 Å². The number of nitro benzene ring substituents is 1. The third-order valence-electron chi connectivity index (χ3n) is 2.37. The van der Waals surface area contributed by atoms with Crippen molar-refractivity contribution < 1.29 is 19.6 Å². The summed E-state index contributed by atoms with van der Waals surface area (Å²) < 4.78 is 5.13. The summed E-state index contributed by atoms with van der Waals surface area (Å²) in [5.41, 5.74) is 5.41. The summed E-state index contributed by atoms with van der Waals surface area (Å²) >= 11 is 3.09. The van der Waals surface area contributed by atoms with E-state index in [0.29, 0.717) is 4.47 Å². The highest BCUT2D eigenvalue weighted by Crippen LogP contribution is 2.36. The first-order valence-corrected chi connectivity index (χ1v) is 6.24. The Hall–Kier alpha value is -1.67. The zero-order chi connectivity index (χ0) is 14.6. The predicted octanol–water partition coefficient (Wildman–Crippen LogP) is 2.02. The maximum Gasteiger partial charge on any atom is 0.312 e. The van der Waals surface area contributed by atoms with Crippen LogP contribution < -0.4 is 5.73 Å². The molecule has 1 aromatic carbocycles. The van der Waals surface area contributed by atoms with Gasteiger partial charge in [0, 0.05) is 22.1 Å². The zero-order valence-corrected chi connectivity index (χ0v) is 11.7. The van der Waals surface area contributed by atoms with Gasteiger partial charge in [0.1, 0.15) is 0 Å². The summed E-state index contributed by atoms with van der Waals surface area (Å²) in [5, 5.41) is 20.6. The van der Waals surface area contributed by atoms with Crippen molar-refractivity contribution >= 4 is 27.6 Å². The fourth-order valence-corrected chi connectivity index (χ4v) is 2.00. The van der Waals surface area contributed by atoms with Gasteiger partial charge in [0.15, 0.2) is 5.75 Å². The lowest BCUT2D eigenvalue weighted by Crippen LogP contribution is -2.17. The number of hydrogen-bond donors (Lipinski definition) is 2. The number of benzene rings is 1. The number of nitrogens with two attached hydrogens (primary N) is 1. The van der Waals surface area contributed by atoms with Crippen LogP contribution >= 0.6 is 15.9 Å². The summed E-state index contributed by atoms with van der Waals surface area (Å²) in [6, 6.07) is 1.72. The number of nitrogens with zero attached hydrogens (tertiary/aromatic N) is 1. The van der Waals surface area contributed by atoms with E-state index in [0.717, 1.165) is 6.07 Å². The second-order valence-corrected chi connectivity index (χ2v) is 4.65. The number of hydrogen-bond acceptors (Lipinski definition) is 6. The van der Waals surface area contributed by atoms with Crippen LogP contribution in [0.1, 0.15) is 24.9 Å². The van der Waals surface area contributed by atoms with E-state index >= 15 is 0 Å². The van der Waals surface area contributed by atoms with E-state index in [1.54, 1.807) is 6.92 Å². The predicted molar refractivity (Wildman–Crippen MR) is 70.6 cm³/mol. The zero-order valence-electron chi connectivity index (χ0n) is 10.1. The number of halogens is 1. The second-order valence-electron chi connectivity index (χ2n) is 3.74. The molecule has 0 heterocycles. The van der Waals surface area contributed by atoms with Crippen LogP contribution in [0.3, 0.4) is 0 Å². The van der Waals surface area contributed by atoms with Gasteiger partial charge in [-0.3, -0.25) is 14.9 Å². The number of esters is 1.